The van der Waals surface area contributed by atoms with E-state index in [4.69, 9.17) is 0 Å². The van der Waals surface area contributed by atoms with Crippen LogP contribution in [0.15, 0.2) is 63.2 Å². The van der Waals surface area contributed by atoms with Crippen LogP contribution in [0, 0.1) is 5.92 Å². The highest BCUT2D eigenvalue weighted by Crippen LogP contribution is 2.26. The number of amides is 1. The summed E-state index contributed by atoms with van der Waals surface area (Å²) >= 11 is 1.55. The van der Waals surface area contributed by atoms with Crippen molar-refractivity contribution in [3.63, 3.8) is 0 Å². The Hall–Kier alpha value is -1.88. The minimum atomic E-state index is -3.58. The summed E-state index contributed by atoms with van der Waals surface area (Å²) in [5, 5.41) is 2.78. The van der Waals surface area contributed by atoms with Crippen molar-refractivity contribution in [2.45, 2.75) is 27.5 Å². The third-order valence-electron chi connectivity index (χ3n) is 5.07. The third-order valence-corrected chi connectivity index (χ3v) is 8.86. The molecule has 0 radical (unpaired) electrons. The fraction of sp³-hybridized carbons (Fsp3) is 0.350. The van der Waals surface area contributed by atoms with E-state index in [1.54, 1.807) is 48.2 Å². The zero-order valence-corrected chi connectivity index (χ0v) is 19.2. The first-order valence-corrected chi connectivity index (χ1v) is 13.9. The molecule has 2 aromatic carbocycles. The predicted molar refractivity (Wildman–Crippen MR) is 118 cm³/mol. The van der Waals surface area contributed by atoms with Crippen molar-refractivity contribution in [1.82, 2.24) is 4.31 Å². The van der Waals surface area contributed by atoms with Gasteiger partial charge in [-0.05, 0) is 67.6 Å². The monoisotopic (exact) mass is 468 g/mol. The number of hydrogen-bond acceptors (Lipinski definition) is 6. The molecule has 0 unspecified atom stereocenters. The number of nitrogens with zero attached hydrogens (tertiary/aromatic N) is 1. The van der Waals surface area contributed by atoms with Gasteiger partial charge in [0.15, 0.2) is 9.84 Å². The van der Waals surface area contributed by atoms with Gasteiger partial charge in [-0.25, -0.2) is 16.8 Å². The summed E-state index contributed by atoms with van der Waals surface area (Å²) in [6, 6.07) is 12.8. The molecule has 0 atom stereocenters. The smallest absolute Gasteiger partial charge is 0.243 e. The summed E-state index contributed by atoms with van der Waals surface area (Å²) in [4.78, 5) is 14.0. The second kappa shape index (κ2) is 9.09. The van der Waals surface area contributed by atoms with Gasteiger partial charge in [0.1, 0.15) is 0 Å². The molecule has 1 heterocycles. The van der Waals surface area contributed by atoms with Crippen LogP contribution in [0.2, 0.25) is 0 Å². The Bertz CT molecular complexity index is 1100. The second-order valence-corrected chi connectivity index (χ2v) is 12.0. The number of carbonyl (C=O) groups is 1. The fourth-order valence-electron chi connectivity index (χ4n) is 3.28. The van der Waals surface area contributed by atoms with Gasteiger partial charge in [0.05, 0.1) is 9.79 Å². The van der Waals surface area contributed by atoms with Gasteiger partial charge < -0.3 is 5.32 Å². The Morgan fingerprint density at radius 2 is 1.47 bits per heavy atom. The van der Waals surface area contributed by atoms with Crippen LogP contribution >= 0.6 is 11.8 Å². The molecule has 30 heavy (non-hydrogen) atoms. The van der Waals surface area contributed by atoms with Crippen molar-refractivity contribution >= 4 is 43.2 Å². The topological polar surface area (TPSA) is 101 Å². The van der Waals surface area contributed by atoms with Crippen LogP contribution in [0.3, 0.4) is 0 Å². The number of anilines is 1. The first kappa shape index (κ1) is 22.8. The number of sulfonamides is 1. The van der Waals surface area contributed by atoms with E-state index in [9.17, 15) is 21.6 Å². The molecule has 1 saturated heterocycles. The maximum atomic E-state index is 12.8. The number of rotatable bonds is 6. The molecule has 7 nitrogen and oxygen atoms in total. The standard InChI is InChI=1S/C20H24N2O5S3/c1-28-17-5-9-19(10-6-17)30(26,27)22-13-11-15(12-14-22)20(23)21-16-3-7-18(8-4-16)29(2,24)25/h3-10,15H,11-14H2,1-2H3,(H,21,23). The minimum absolute atomic E-state index is 0.185. The van der Waals surface area contributed by atoms with Crippen molar-refractivity contribution in [3.05, 3.63) is 48.5 Å². The SMILES string of the molecule is CSc1ccc(S(=O)(=O)N2CCC(C(=O)Nc3ccc(S(C)(=O)=O)cc3)CC2)cc1. The molecular weight excluding hydrogens is 444 g/mol. The summed E-state index contributed by atoms with van der Waals surface area (Å²) in [5.41, 5.74) is 0.510. The van der Waals surface area contributed by atoms with E-state index < -0.39 is 19.9 Å². The molecule has 0 saturated carbocycles. The van der Waals surface area contributed by atoms with E-state index >= 15 is 0 Å². The van der Waals surface area contributed by atoms with Crippen LogP contribution < -0.4 is 5.32 Å². The number of nitrogens with one attached hydrogen (secondary N) is 1. The van der Waals surface area contributed by atoms with Crippen LogP contribution in [0.1, 0.15) is 12.8 Å². The summed E-state index contributed by atoms with van der Waals surface area (Å²) in [7, 11) is -6.87. The molecule has 1 fully saturated rings. The van der Waals surface area contributed by atoms with Gasteiger partial charge in [0.2, 0.25) is 15.9 Å². The van der Waals surface area contributed by atoms with Crippen LogP contribution in [0.5, 0.6) is 0 Å². The van der Waals surface area contributed by atoms with Gasteiger partial charge in [0, 0.05) is 35.8 Å². The van der Waals surface area contributed by atoms with Crippen molar-refractivity contribution in [1.29, 1.82) is 0 Å². The van der Waals surface area contributed by atoms with E-state index in [2.05, 4.69) is 5.32 Å². The van der Waals surface area contributed by atoms with Crippen LogP contribution in [-0.2, 0) is 24.7 Å². The van der Waals surface area contributed by atoms with Crippen LogP contribution in [0.25, 0.3) is 0 Å². The molecule has 0 aliphatic carbocycles. The largest absolute Gasteiger partial charge is 0.326 e. The first-order valence-electron chi connectivity index (χ1n) is 9.36. The Kier molecular flexibility index (Phi) is 6.91. The molecule has 162 valence electrons. The van der Waals surface area contributed by atoms with E-state index in [-0.39, 0.29) is 34.7 Å². The van der Waals surface area contributed by atoms with Crippen molar-refractivity contribution in [3.8, 4) is 0 Å². The molecule has 0 aromatic heterocycles. The molecule has 1 aliphatic heterocycles. The quantitative estimate of drug-likeness (QED) is 0.655. The van der Waals surface area contributed by atoms with Crippen molar-refractivity contribution in [2.75, 3.05) is 30.9 Å². The van der Waals surface area contributed by atoms with Gasteiger partial charge in [-0.1, -0.05) is 0 Å². The van der Waals surface area contributed by atoms with Gasteiger partial charge in [0.25, 0.3) is 0 Å². The Morgan fingerprint density at radius 1 is 0.933 bits per heavy atom. The number of thioether (sulfide) groups is 1. The summed E-state index contributed by atoms with van der Waals surface area (Å²) in [6.45, 7) is 0.551. The Balaban J connectivity index is 1.59. The van der Waals surface area contributed by atoms with Gasteiger partial charge in [-0.15, -0.1) is 11.8 Å². The highest BCUT2D eigenvalue weighted by Gasteiger charge is 2.32. The fourth-order valence-corrected chi connectivity index (χ4v) is 5.79. The predicted octanol–water partition coefficient (Wildman–Crippen LogP) is 2.85. The van der Waals surface area contributed by atoms with Crippen molar-refractivity contribution in [2.24, 2.45) is 5.92 Å². The normalized spacial score (nSPS) is 16.3. The first-order chi connectivity index (χ1) is 14.1. The van der Waals surface area contributed by atoms with Crippen LogP contribution in [-0.4, -0.2) is 52.6 Å². The van der Waals surface area contributed by atoms with Gasteiger partial charge in [-0.3, -0.25) is 4.79 Å². The zero-order valence-electron chi connectivity index (χ0n) is 16.7. The number of benzene rings is 2. The average molecular weight is 469 g/mol. The van der Waals surface area contributed by atoms with E-state index in [0.29, 0.717) is 18.5 Å². The van der Waals surface area contributed by atoms with Crippen LogP contribution in [0.4, 0.5) is 5.69 Å². The number of sulfone groups is 1. The lowest BCUT2D eigenvalue weighted by atomic mass is 9.97. The Labute approximate surface area is 181 Å². The summed E-state index contributed by atoms with van der Waals surface area (Å²) < 4.78 is 50.1. The van der Waals surface area contributed by atoms with E-state index in [1.165, 1.54) is 16.4 Å². The van der Waals surface area contributed by atoms with E-state index in [0.717, 1.165) is 11.2 Å². The molecule has 0 bridgehead atoms. The van der Waals surface area contributed by atoms with E-state index in [1.807, 2.05) is 6.26 Å². The molecule has 3 rings (SSSR count). The molecule has 2 aromatic rings. The molecule has 1 amide bonds. The number of carbonyl (C=O) groups excluding carboxylic acids is 1. The Morgan fingerprint density at radius 3 is 1.97 bits per heavy atom. The zero-order chi connectivity index (χ0) is 21.9. The molecule has 1 aliphatic rings. The third kappa shape index (κ3) is 5.23. The second-order valence-electron chi connectivity index (χ2n) is 7.14. The average Bonchev–Trinajstić information content (AvgIpc) is 2.73. The summed E-state index contributed by atoms with van der Waals surface area (Å²) in [5.74, 6) is -0.492. The maximum absolute atomic E-state index is 12.8. The van der Waals surface area contributed by atoms with Crippen molar-refractivity contribution < 1.29 is 21.6 Å². The lowest BCUT2D eigenvalue weighted by molar-refractivity contribution is -0.120. The number of piperidine rings is 1. The van der Waals surface area contributed by atoms with Gasteiger partial charge >= 0.3 is 0 Å². The molecule has 10 heteroatoms. The lowest BCUT2D eigenvalue weighted by Gasteiger charge is -2.30. The minimum Gasteiger partial charge on any atom is -0.326 e. The maximum Gasteiger partial charge on any atom is 0.243 e. The van der Waals surface area contributed by atoms with Gasteiger partial charge in [-0.2, -0.15) is 4.31 Å². The number of hydrogen-bond donors (Lipinski definition) is 1. The molecule has 1 N–H and O–H groups in total. The highest BCUT2D eigenvalue weighted by molar-refractivity contribution is 7.98. The molecular formula is C20H24N2O5S3. The molecule has 0 spiro atoms. The highest BCUT2D eigenvalue weighted by atomic mass is 32.2. The lowest BCUT2D eigenvalue weighted by Crippen LogP contribution is -2.41. The summed E-state index contributed by atoms with van der Waals surface area (Å²) in [6.07, 6.45) is 3.91.